The molecule has 0 saturated carbocycles. The molecule has 1 aliphatic rings. The standard InChI is InChI=1S/C4H11NO2S.ClH/c6-8(7)3-1-5-2-4-8;/h5-7H,1-4H2;1H. The van der Waals surface area contributed by atoms with E-state index >= 15 is 0 Å². The van der Waals surface area contributed by atoms with Gasteiger partial charge in [0.1, 0.15) is 0 Å². The van der Waals surface area contributed by atoms with E-state index in [1.807, 2.05) is 0 Å². The lowest BCUT2D eigenvalue weighted by atomic mass is 10.6. The highest BCUT2D eigenvalue weighted by Gasteiger charge is 2.14. The maximum Gasteiger partial charge on any atom is 0.0499 e. The molecular formula is C4H12ClNO2S. The van der Waals surface area contributed by atoms with E-state index in [0.29, 0.717) is 11.5 Å². The van der Waals surface area contributed by atoms with Crippen LogP contribution >= 0.6 is 23.0 Å². The first kappa shape index (κ1) is 9.52. The van der Waals surface area contributed by atoms with Gasteiger partial charge in [-0.1, -0.05) is 0 Å². The van der Waals surface area contributed by atoms with Crippen molar-refractivity contribution in [2.45, 2.75) is 0 Å². The zero-order valence-corrected chi connectivity index (χ0v) is 6.67. The van der Waals surface area contributed by atoms with Crippen LogP contribution in [0, 0.1) is 0 Å². The fourth-order valence-corrected chi connectivity index (χ4v) is 1.84. The van der Waals surface area contributed by atoms with Gasteiger partial charge in [-0.15, -0.1) is 12.4 Å². The molecule has 0 aliphatic carbocycles. The molecule has 0 bridgehead atoms. The van der Waals surface area contributed by atoms with Gasteiger partial charge >= 0.3 is 0 Å². The summed E-state index contributed by atoms with van der Waals surface area (Å²) in [5.41, 5.74) is 0. The summed E-state index contributed by atoms with van der Waals surface area (Å²) >= 11 is 0. The molecule has 1 fully saturated rings. The Labute approximate surface area is 62.6 Å². The second-order valence-corrected chi connectivity index (χ2v) is 4.38. The Balaban J connectivity index is 0.000000640. The van der Waals surface area contributed by atoms with Crippen LogP contribution in [-0.2, 0) is 0 Å². The summed E-state index contributed by atoms with van der Waals surface area (Å²) in [6, 6.07) is 0. The van der Waals surface area contributed by atoms with Crippen LogP contribution in [0.1, 0.15) is 0 Å². The van der Waals surface area contributed by atoms with Crippen molar-refractivity contribution in [2.75, 3.05) is 24.6 Å². The minimum Gasteiger partial charge on any atom is -0.314 e. The summed E-state index contributed by atoms with van der Waals surface area (Å²) in [6.45, 7) is 1.50. The van der Waals surface area contributed by atoms with Gasteiger partial charge in [-0.2, -0.15) is 10.6 Å². The Kier molecular flexibility index (Phi) is 3.84. The normalized spacial score (nSPS) is 28.2. The molecule has 1 heterocycles. The molecule has 3 nitrogen and oxygen atoms in total. The first-order valence-electron chi connectivity index (χ1n) is 2.65. The van der Waals surface area contributed by atoms with E-state index in [9.17, 15) is 0 Å². The molecule has 0 atom stereocenters. The van der Waals surface area contributed by atoms with E-state index in [1.54, 1.807) is 0 Å². The highest BCUT2D eigenvalue weighted by molar-refractivity contribution is 8.24. The molecule has 0 aromatic carbocycles. The van der Waals surface area contributed by atoms with Crippen molar-refractivity contribution in [3.05, 3.63) is 0 Å². The predicted octanol–water partition coefficient (Wildman–Crippen LogP) is 0.762. The van der Waals surface area contributed by atoms with Gasteiger partial charge in [0.25, 0.3) is 0 Å². The highest BCUT2D eigenvalue weighted by Crippen LogP contribution is 2.38. The van der Waals surface area contributed by atoms with Crippen molar-refractivity contribution in [2.24, 2.45) is 0 Å². The van der Waals surface area contributed by atoms with Crippen LogP contribution in [0.15, 0.2) is 0 Å². The summed E-state index contributed by atoms with van der Waals surface area (Å²) in [7, 11) is -2.15. The molecule has 0 spiro atoms. The fourth-order valence-electron chi connectivity index (χ4n) is 0.698. The molecule has 0 aromatic rings. The maximum atomic E-state index is 8.97. The van der Waals surface area contributed by atoms with Crippen molar-refractivity contribution in [1.82, 2.24) is 5.32 Å². The number of hydrogen-bond donors (Lipinski definition) is 3. The summed E-state index contributed by atoms with van der Waals surface area (Å²) < 4.78 is 17.9. The number of rotatable bonds is 0. The van der Waals surface area contributed by atoms with Crippen molar-refractivity contribution in [3.63, 3.8) is 0 Å². The third-order valence-electron chi connectivity index (χ3n) is 1.21. The molecule has 0 radical (unpaired) electrons. The van der Waals surface area contributed by atoms with Gasteiger partial charge in [-0.25, -0.2) is 0 Å². The van der Waals surface area contributed by atoms with Gasteiger partial charge in [0.15, 0.2) is 0 Å². The van der Waals surface area contributed by atoms with Crippen LogP contribution in [0.2, 0.25) is 0 Å². The number of halogens is 1. The molecule has 3 N–H and O–H groups in total. The van der Waals surface area contributed by atoms with Crippen LogP contribution in [-0.4, -0.2) is 33.7 Å². The largest absolute Gasteiger partial charge is 0.314 e. The minimum atomic E-state index is -2.15. The smallest absolute Gasteiger partial charge is 0.0499 e. The predicted molar refractivity (Wildman–Crippen MR) is 42.7 cm³/mol. The van der Waals surface area contributed by atoms with Crippen molar-refractivity contribution >= 4 is 23.0 Å². The first-order valence-corrected chi connectivity index (χ1v) is 4.53. The van der Waals surface area contributed by atoms with Gasteiger partial charge in [0.2, 0.25) is 0 Å². The second kappa shape index (κ2) is 3.63. The van der Waals surface area contributed by atoms with Gasteiger partial charge in [-0.3, -0.25) is 9.11 Å². The van der Waals surface area contributed by atoms with Crippen molar-refractivity contribution in [3.8, 4) is 0 Å². The summed E-state index contributed by atoms with van der Waals surface area (Å²) in [5.74, 6) is 1.07. The number of hydrogen-bond acceptors (Lipinski definition) is 3. The molecule has 58 valence electrons. The Morgan fingerprint density at radius 2 is 1.56 bits per heavy atom. The molecular weight excluding hydrogens is 162 g/mol. The Bertz CT molecular complexity index is 82.6. The lowest BCUT2D eigenvalue weighted by Gasteiger charge is -2.35. The van der Waals surface area contributed by atoms with Crippen LogP contribution in [0.3, 0.4) is 0 Å². The molecule has 0 unspecified atom stereocenters. The van der Waals surface area contributed by atoms with Crippen LogP contribution in [0.4, 0.5) is 0 Å². The van der Waals surface area contributed by atoms with E-state index in [2.05, 4.69) is 5.32 Å². The van der Waals surface area contributed by atoms with Crippen molar-refractivity contribution in [1.29, 1.82) is 0 Å². The van der Waals surface area contributed by atoms with E-state index < -0.39 is 10.6 Å². The van der Waals surface area contributed by atoms with Gasteiger partial charge in [0.05, 0.1) is 0 Å². The fraction of sp³-hybridized carbons (Fsp3) is 1.00. The molecule has 1 rings (SSSR count). The molecule has 0 aromatic heterocycles. The molecule has 1 aliphatic heterocycles. The van der Waals surface area contributed by atoms with E-state index in [-0.39, 0.29) is 12.4 Å². The van der Waals surface area contributed by atoms with Crippen molar-refractivity contribution < 1.29 is 9.11 Å². The van der Waals surface area contributed by atoms with Crippen LogP contribution in [0.5, 0.6) is 0 Å². The summed E-state index contributed by atoms with van der Waals surface area (Å²) in [5, 5.41) is 3.04. The van der Waals surface area contributed by atoms with Gasteiger partial charge in [-0.05, 0) is 0 Å². The van der Waals surface area contributed by atoms with E-state index in [1.165, 1.54) is 0 Å². The van der Waals surface area contributed by atoms with E-state index in [0.717, 1.165) is 13.1 Å². The lowest BCUT2D eigenvalue weighted by Crippen LogP contribution is -2.33. The molecule has 0 amide bonds. The van der Waals surface area contributed by atoms with Crippen LogP contribution in [0.25, 0.3) is 0 Å². The third kappa shape index (κ3) is 3.27. The highest BCUT2D eigenvalue weighted by atomic mass is 35.5. The average Bonchev–Trinajstić information content (AvgIpc) is 1.65. The molecule has 9 heavy (non-hydrogen) atoms. The quantitative estimate of drug-likeness (QED) is 0.507. The monoisotopic (exact) mass is 173 g/mol. The third-order valence-corrected chi connectivity index (χ3v) is 2.93. The average molecular weight is 174 g/mol. The zero-order valence-electron chi connectivity index (χ0n) is 5.04. The molecule has 1 saturated heterocycles. The van der Waals surface area contributed by atoms with Gasteiger partial charge < -0.3 is 5.32 Å². The zero-order chi connectivity index (χ0) is 6.04. The Morgan fingerprint density at radius 3 is 1.78 bits per heavy atom. The van der Waals surface area contributed by atoms with E-state index in [4.69, 9.17) is 9.11 Å². The number of nitrogens with one attached hydrogen (secondary N) is 1. The minimum absolute atomic E-state index is 0. The Morgan fingerprint density at radius 1 is 1.11 bits per heavy atom. The SMILES string of the molecule is Cl.OS1(O)CCNCC1. The first-order chi connectivity index (χ1) is 3.71. The summed E-state index contributed by atoms with van der Waals surface area (Å²) in [6.07, 6.45) is 0. The van der Waals surface area contributed by atoms with Gasteiger partial charge in [0, 0.05) is 24.6 Å². The molecule has 5 heteroatoms. The maximum absolute atomic E-state index is 8.97. The van der Waals surface area contributed by atoms with Crippen LogP contribution < -0.4 is 5.32 Å². The summed E-state index contributed by atoms with van der Waals surface area (Å²) in [4.78, 5) is 0. The topological polar surface area (TPSA) is 52.5 Å². The second-order valence-electron chi connectivity index (χ2n) is 1.96. The Hall–Kier alpha value is 0.520. The lowest BCUT2D eigenvalue weighted by molar-refractivity contribution is 0.473.